The zero-order chi connectivity index (χ0) is 75.2. The molecule has 0 unspecified atom stereocenters. The highest BCUT2D eigenvalue weighted by Gasteiger charge is 2.17. The predicted molar refractivity (Wildman–Crippen MR) is 422 cm³/mol. The van der Waals surface area contributed by atoms with Crippen molar-refractivity contribution in [1.82, 2.24) is 75.5 Å². The van der Waals surface area contributed by atoms with Gasteiger partial charge in [0.2, 0.25) is 0 Å². The molecular formula is C83H116FN17O3. The maximum absolute atomic E-state index is 13.5. The molecule has 21 heteroatoms. The van der Waals surface area contributed by atoms with E-state index >= 15 is 0 Å². The molecule has 5 aromatic heterocycles. The van der Waals surface area contributed by atoms with Gasteiger partial charge in [0.1, 0.15) is 11.6 Å². The fraction of sp³-hybridized carbons (Fsp3) is 0.446. The molecule has 0 atom stereocenters. The Labute approximate surface area is 618 Å². The standard InChI is InChI=1S/C18H27N3O.C18H27N3.C16H22FN3.C16H20N4.C15H20N4O2/c1-5-6-11-21(4)13-16-12-19-20-18(16)15-7-9-17(10-8-15)22-14(2)3;1-4-6-12-21(3)14-17-13-19-20-18(17)16-10-8-15(7-5-2)9-11-16;1-4-5-6-20(3)11-14-10-18-19-16(14)13-7-12(2)8-15(17)9-13;1-3-4-9-20(2)12-15-11-18-19-16(15)14-7-5-13(10-17)6-8-14;1-3-4-8-18(2)11-13-10-16-17-15(13)12-6-5-7-14(9-12)19(20)21/h7-10,12,14H,5-6,11,13H2,1-4H3,(H,19,20);8-11,13H,4-7,12,14H2,1-3H3,(H,19,20);7-10H,4-6,11H2,1-3H3,(H,18,19);5-8,11H,3-4,9,12H2,1-2H3,(H,18,19);5-7,9-10H,3-4,8,11H2,1-2H3,(H,16,17). The number of nitriles is 1. The topological polar surface area (TPSA) is 236 Å². The number of benzene rings is 5. The molecule has 5 aromatic carbocycles. The van der Waals surface area contributed by atoms with Crippen LogP contribution in [0.3, 0.4) is 0 Å². The first-order chi connectivity index (χ1) is 50.3. The van der Waals surface area contributed by atoms with Crippen LogP contribution in [0.4, 0.5) is 10.1 Å². The number of rotatable bonds is 35. The minimum absolute atomic E-state index is 0.0902. The Hall–Kier alpha value is -9.43. The molecule has 104 heavy (non-hydrogen) atoms. The smallest absolute Gasteiger partial charge is 0.270 e. The molecule has 0 bridgehead atoms. The highest BCUT2D eigenvalue weighted by Crippen LogP contribution is 2.30. The minimum atomic E-state index is -0.382. The molecule has 5 N–H and O–H groups in total. The maximum Gasteiger partial charge on any atom is 0.270 e. The molecule has 0 saturated carbocycles. The first kappa shape index (κ1) is 83.5. The van der Waals surface area contributed by atoms with Crippen LogP contribution in [0.25, 0.3) is 56.3 Å². The van der Waals surface area contributed by atoms with Crippen molar-refractivity contribution >= 4 is 5.69 Å². The zero-order valence-corrected chi connectivity index (χ0v) is 64.5. The number of non-ortho nitro benzene ring substituents is 1. The number of halogens is 1. The molecule has 0 fully saturated rings. The number of aromatic nitrogens is 10. The Morgan fingerprint density at radius 1 is 0.462 bits per heavy atom. The zero-order valence-electron chi connectivity index (χ0n) is 64.5. The van der Waals surface area contributed by atoms with Gasteiger partial charge >= 0.3 is 0 Å². The molecule has 20 nitrogen and oxygen atoms in total. The van der Waals surface area contributed by atoms with E-state index in [1.807, 2.05) is 94.1 Å². The van der Waals surface area contributed by atoms with Crippen molar-refractivity contribution in [2.75, 3.05) is 68.0 Å². The van der Waals surface area contributed by atoms with E-state index in [9.17, 15) is 14.5 Å². The number of hydrogen-bond donors (Lipinski definition) is 5. The number of nitrogens with one attached hydrogen (secondary N) is 5. The van der Waals surface area contributed by atoms with E-state index in [-0.39, 0.29) is 22.5 Å². The van der Waals surface area contributed by atoms with Crippen LogP contribution in [-0.2, 0) is 39.1 Å². The van der Waals surface area contributed by atoms with Crippen molar-refractivity contribution in [3.63, 3.8) is 0 Å². The highest BCUT2D eigenvalue weighted by molar-refractivity contribution is 5.67. The van der Waals surface area contributed by atoms with Gasteiger partial charge in [-0.25, -0.2) is 4.39 Å². The molecule has 0 saturated heterocycles. The summed E-state index contributed by atoms with van der Waals surface area (Å²) in [5.41, 5.74) is 19.1. The minimum Gasteiger partial charge on any atom is -0.491 e. The lowest BCUT2D eigenvalue weighted by atomic mass is 10.0. The maximum atomic E-state index is 13.5. The van der Waals surface area contributed by atoms with Gasteiger partial charge in [-0.2, -0.15) is 30.8 Å². The van der Waals surface area contributed by atoms with Crippen molar-refractivity contribution in [1.29, 1.82) is 5.26 Å². The Bertz CT molecular complexity index is 4030. The normalized spacial score (nSPS) is 11.1. The van der Waals surface area contributed by atoms with E-state index in [1.165, 1.54) is 97.7 Å². The predicted octanol–water partition coefficient (Wildman–Crippen LogP) is 18.5. The molecule has 10 aromatic rings. The number of unbranched alkanes of at least 4 members (excludes halogenated alkanes) is 5. The summed E-state index contributed by atoms with van der Waals surface area (Å²) in [7, 11) is 10.6. The number of nitro groups is 1. The van der Waals surface area contributed by atoms with Crippen molar-refractivity contribution < 1.29 is 14.1 Å². The van der Waals surface area contributed by atoms with Gasteiger partial charge in [0.05, 0.1) is 82.1 Å². The summed E-state index contributed by atoms with van der Waals surface area (Å²) in [5.74, 6) is 0.694. The number of H-pyrrole nitrogens is 5. The fourth-order valence-corrected chi connectivity index (χ4v) is 11.9. The third kappa shape index (κ3) is 28.3. The molecule has 5 heterocycles. The monoisotopic (exact) mass is 1420 g/mol. The summed E-state index contributed by atoms with van der Waals surface area (Å²) in [4.78, 5) is 22.0. The van der Waals surface area contributed by atoms with E-state index in [2.05, 4.69) is 195 Å². The molecule has 0 aliphatic heterocycles. The van der Waals surface area contributed by atoms with Gasteiger partial charge in [-0.3, -0.25) is 35.6 Å². The summed E-state index contributed by atoms with van der Waals surface area (Å²) in [6, 6.07) is 38.5. The number of nitrogens with zero attached hydrogens (tertiary/aromatic N) is 12. The molecule has 0 radical (unpaired) electrons. The van der Waals surface area contributed by atoms with Crippen LogP contribution in [0, 0.1) is 34.2 Å². The quantitative estimate of drug-likeness (QED) is 0.0184. The molecule has 558 valence electrons. The average Bonchev–Trinajstić information content (AvgIpc) is 1.62. The van der Waals surface area contributed by atoms with Crippen LogP contribution in [-0.4, -0.2) is 154 Å². The first-order valence-electron chi connectivity index (χ1n) is 37.2. The van der Waals surface area contributed by atoms with Gasteiger partial charge in [0, 0.05) is 89.4 Å². The lowest BCUT2D eigenvalue weighted by molar-refractivity contribution is -0.384. The summed E-state index contributed by atoms with van der Waals surface area (Å²) in [6.07, 6.45) is 24.0. The second kappa shape index (κ2) is 45.6. The van der Waals surface area contributed by atoms with Gasteiger partial charge in [0.15, 0.2) is 0 Å². The van der Waals surface area contributed by atoms with Crippen LogP contribution in [0.2, 0.25) is 0 Å². The average molecular weight is 1420 g/mol. The third-order valence-electron chi connectivity index (χ3n) is 17.5. The molecule has 0 aliphatic carbocycles. The van der Waals surface area contributed by atoms with Crippen LogP contribution in [0.15, 0.2) is 146 Å². The van der Waals surface area contributed by atoms with Gasteiger partial charge < -0.3 is 29.2 Å². The lowest BCUT2D eigenvalue weighted by Gasteiger charge is -2.16. The van der Waals surface area contributed by atoms with Crippen molar-refractivity contribution in [3.05, 3.63) is 207 Å². The highest BCUT2D eigenvalue weighted by atomic mass is 19.1. The lowest BCUT2D eigenvalue weighted by Crippen LogP contribution is -2.19. The van der Waals surface area contributed by atoms with Crippen molar-refractivity contribution in [2.24, 2.45) is 0 Å². The van der Waals surface area contributed by atoms with E-state index in [0.717, 1.165) is 158 Å². The van der Waals surface area contributed by atoms with E-state index < -0.39 is 0 Å². The van der Waals surface area contributed by atoms with Gasteiger partial charge in [-0.1, -0.05) is 129 Å². The molecule has 10 rings (SSSR count). The van der Waals surface area contributed by atoms with Crippen LogP contribution in [0.5, 0.6) is 5.75 Å². The van der Waals surface area contributed by atoms with Crippen molar-refractivity contribution in [3.8, 4) is 68.1 Å². The number of aryl methyl sites for hydroxylation is 2. The summed E-state index contributed by atoms with van der Waals surface area (Å²) in [6.45, 7) is 28.9. The number of aromatic amines is 5. The Kier molecular flexibility index (Phi) is 36.6. The van der Waals surface area contributed by atoms with Crippen LogP contribution < -0.4 is 4.74 Å². The fourth-order valence-electron chi connectivity index (χ4n) is 11.9. The van der Waals surface area contributed by atoms with E-state index in [4.69, 9.17) is 10.00 Å². The molecule has 0 spiro atoms. The first-order valence-corrected chi connectivity index (χ1v) is 37.2. The van der Waals surface area contributed by atoms with Gasteiger partial charge in [-0.15, -0.1) is 0 Å². The Morgan fingerprint density at radius 2 is 0.808 bits per heavy atom. The Morgan fingerprint density at radius 3 is 1.13 bits per heavy atom. The SMILES string of the molecule is CCCCN(C)Cc1cn[nH]c1-c1cc(C)cc(F)c1.CCCCN(C)Cc1cn[nH]c1-c1ccc(C#N)cc1.CCCCN(C)Cc1cn[nH]c1-c1ccc(CCC)cc1.CCCCN(C)Cc1cn[nH]c1-c1ccc(OC(C)C)cc1.CCCCN(C)Cc1cn[nH]c1-c1cccc([N+](=O)[O-])c1. The summed E-state index contributed by atoms with van der Waals surface area (Å²) < 4.78 is 19.2. The molecular weight excluding hydrogens is 1300 g/mol. The third-order valence-corrected chi connectivity index (χ3v) is 17.5. The number of hydrogen-bond acceptors (Lipinski definition) is 14. The van der Waals surface area contributed by atoms with Crippen LogP contribution in [0.1, 0.15) is 171 Å². The molecule has 0 aliphatic rings. The van der Waals surface area contributed by atoms with Gasteiger partial charge in [0.25, 0.3) is 5.69 Å². The second-order valence-corrected chi connectivity index (χ2v) is 27.5. The van der Waals surface area contributed by atoms with Crippen LogP contribution >= 0.6 is 0 Å². The molecule has 0 amide bonds. The van der Waals surface area contributed by atoms with Gasteiger partial charge in [-0.05, 0) is 204 Å². The number of ether oxygens (including phenoxy) is 1. The van der Waals surface area contributed by atoms with E-state index in [0.29, 0.717) is 5.56 Å². The summed E-state index contributed by atoms with van der Waals surface area (Å²) in [5, 5.41) is 55.8. The van der Waals surface area contributed by atoms with E-state index in [1.54, 1.807) is 24.4 Å². The Balaban J connectivity index is 0.000000204. The largest absolute Gasteiger partial charge is 0.491 e. The second-order valence-electron chi connectivity index (χ2n) is 27.5. The van der Waals surface area contributed by atoms with Crippen molar-refractivity contribution in [2.45, 2.75) is 178 Å². The summed E-state index contributed by atoms with van der Waals surface area (Å²) >= 11 is 0. The number of nitro benzene ring substituents is 1.